The van der Waals surface area contributed by atoms with E-state index in [9.17, 15) is 4.79 Å². The number of carbonyl (C=O) groups is 1. The highest BCUT2D eigenvalue weighted by molar-refractivity contribution is 5.80. The van der Waals surface area contributed by atoms with E-state index in [0.29, 0.717) is 5.70 Å². The first-order chi connectivity index (χ1) is 4.70. The van der Waals surface area contributed by atoms with Crippen molar-refractivity contribution in [1.82, 2.24) is 0 Å². The normalized spacial score (nSPS) is 24.1. The van der Waals surface area contributed by atoms with Crippen molar-refractivity contribution >= 4 is 5.78 Å². The van der Waals surface area contributed by atoms with E-state index in [2.05, 4.69) is 0 Å². The summed E-state index contributed by atoms with van der Waals surface area (Å²) in [5.41, 5.74) is 6.19. The fourth-order valence-corrected chi connectivity index (χ4v) is 0.990. The quantitative estimate of drug-likeness (QED) is 0.585. The first-order valence-electron chi connectivity index (χ1n) is 3.34. The lowest BCUT2D eigenvalue weighted by atomic mass is 9.96. The maximum atomic E-state index is 10.8. The van der Waals surface area contributed by atoms with Gasteiger partial charge in [0.15, 0.2) is 0 Å². The molecule has 0 aromatic rings. The lowest BCUT2D eigenvalue weighted by molar-refractivity contribution is -0.119. The van der Waals surface area contributed by atoms with Gasteiger partial charge in [0.2, 0.25) is 0 Å². The zero-order chi connectivity index (χ0) is 7.56. The molecule has 0 fully saturated rings. The number of allylic oxidation sites excluding steroid dienone is 3. The van der Waals surface area contributed by atoms with Crippen LogP contribution in [0.1, 0.15) is 13.3 Å². The predicted octanol–water partition coefficient (Wildman–Crippen LogP) is 0.994. The first kappa shape index (κ1) is 7.06. The van der Waals surface area contributed by atoms with Crippen LogP contribution in [0.15, 0.2) is 23.9 Å². The number of ketones is 1. The van der Waals surface area contributed by atoms with Gasteiger partial charge in [0.1, 0.15) is 5.78 Å². The van der Waals surface area contributed by atoms with Gasteiger partial charge in [0.05, 0.1) is 0 Å². The van der Waals surface area contributed by atoms with Gasteiger partial charge >= 0.3 is 0 Å². The Balaban J connectivity index is 2.69. The first-order valence-corrected chi connectivity index (χ1v) is 3.34. The third kappa shape index (κ3) is 1.47. The molecule has 0 heterocycles. The van der Waals surface area contributed by atoms with Crippen LogP contribution >= 0.6 is 0 Å². The van der Waals surface area contributed by atoms with E-state index in [0.717, 1.165) is 6.42 Å². The molecule has 0 spiro atoms. The topological polar surface area (TPSA) is 43.1 Å². The van der Waals surface area contributed by atoms with E-state index < -0.39 is 0 Å². The monoisotopic (exact) mass is 137 g/mol. The number of rotatable bonds is 1. The summed E-state index contributed by atoms with van der Waals surface area (Å²) in [6.45, 7) is 1.59. The van der Waals surface area contributed by atoms with Crippen LogP contribution in [-0.4, -0.2) is 5.78 Å². The fraction of sp³-hybridized carbons (Fsp3) is 0.375. The SMILES string of the molecule is CC(=O)C1C=C(N)C=CC1. The minimum Gasteiger partial charge on any atom is -0.399 e. The summed E-state index contributed by atoms with van der Waals surface area (Å²) >= 11 is 0. The summed E-state index contributed by atoms with van der Waals surface area (Å²) in [4.78, 5) is 10.8. The van der Waals surface area contributed by atoms with Crippen molar-refractivity contribution in [2.45, 2.75) is 13.3 Å². The predicted molar refractivity (Wildman–Crippen MR) is 40.2 cm³/mol. The molecule has 1 aliphatic rings. The Morgan fingerprint density at radius 1 is 1.80 bits per heavy atom. The van der Waals surface area contributed by atoms with Crippen LogP contribution in [0.4, 0.5) is 0 Å². The second kappa shape index (κ2) is 2.69. The third-order valence-electron chi connectivity index (χ3n) is 1.62. The van der Waals surface area contributed by atoms with Crippen LogP contribution in [0, 0.1) is 5.92 Å². The summed E-state index contributed by atoms with van der Waals surface area (Å²) in [5.74, 6) is 0.206. The van der Waals surface area contributed by atoms with Crippen molar-refractivity contribution < 1.29 is 4.79 Å². The molecule has 10 heavy (non-hydrogen) atoms. The Hall–Kier alpha value is -1.05. The molecular weight excluding hydrogens is 126 g/mol. The molecular formula is C8H11NO. The number of carbonyl (C=O) groups excluding carboxylic acids is 1. The van der Waals surface area contributed by atoms with Crippen molar-refractivity contribution in [3.63, 3.8) is 0 Å². The Morgan fingerprint density at radius 3 is 2.90 bits per heavy atom. The van der Waals surface area contributed by atoms with E-state index >= 15 is 0 Å². The highest BCUT2D eigenvalue weighted by Gasteiger charge is 2.11. The molecule has 0 aromatic heterocycles. The highest BCUT2D eigenvalue weighted by atomic mass is 16.1. The molecule has 2 heteroatoms. The standard InChI is InChI=1S/C8H11NO/c1-6(10)7-3-2-4-8(9)5-7/h2,4-5,7H,3,9H2,1H3. The Kier molecular flexibility index (Phi) is 1.90. The summed E-state index contributed by atoms with van der Waals surface area (Å²) < 4.78 is 0. The molecule has 2 N–H and O–H groups in total. The number of hydrogen-bond donors (Lipinski definition) is 1. The second-order valence-corrected chi connectivity index (χ2v) is 2.52. The van der Waals surface area contributed by atoms with Gasteiger partial charge in [-0.2, -0.15) is 0 Å². The second-order valence-electron chi connectivity index (χ2n) is 2.52. The third-order valence-corrected chi connectivity index (χ3v) is 1.62. The maximum Gasteiger partial charge on any atom is 0.137 e. The average Bonchev–Trinajstić information content (AvgIpc) is 1.88. The van der Waals surface area contributed by atoms with Crippen molar-refractivity contribution in [3.05, 3.63) is 23.9 Å². The van der Waals surface area contributed by atoms with Crippen molar-refractivity contribution in [1.29, 1.82) is 0 Å². The molecule has 0 amide bonds. The zero-order valence-corrected chi connectivity index (χ0v) is 6.00. The van der Waals surface area contributed by atoms with Crippen molar-refractivity contribution in [2.24, 2.45) is 11.7 Å². The molecule has 1 unspecified atom stereocenters. The van der Waals surface area contributed by atoms with Crippen LogP contribution in [0.5, 0.6) is 0 Å². The van der Waals surface area contributed by atoms with Gasteiger partial charge in [-0.05, 0) is 19.4 Å². The summed E-state index contributed by atoms with van der Waals surface area (Å²) in [6.07, 6.45) is 6.37. The minimum atomic E-state index is 0.0185. The molecule has 2 nitrogen and oxygen atoms in total. The van der Waals surface area contributed by atoms with E-state index in [1.54, 1.807) is 6.92 Å². The van der Waals surface area contributed by atoms with Crippen molar-refractivity contribution in [2.75, 3.05) is 0 Å². The van der Waals surface area contributed by atoms with Gasteiger partial charge in [-0.3, -0.25) is 4.79 Å². The summed E-state index contributed by atoms with van der Waals surface area (Å²) in [5, 5.41) is 0. The van der Waals surface area contributed by atoms with E-state index in [1.165, 1.54) is 0 Å². The largest absolute Gasteiger partial charge is 0.399 e. The molecule has 1 aliphatic carbocycles. The minimum absolute atomic E-state index is 0.0185. The number of nitrogens with two attached hydrogens (primary N) is 1. The lowest BCUT2D eigenvalue weighted by Crippen LogP contribution is -2.12. The molecule has 1 atom stereocenters. The van der Waals surface area contributed by atoms with Crippen LogP contribution in [0.3, 0.4) is 0 Å². The van der Waals surface area contributed by atoms with Crippen molar-refractivity contribution in [3.8, 4) is 0 Å². The molecule has 0 saturated carbocycles. The van der Waals surface area contributed by atoms with Gasteiger partial charge in [-0.1, -0.05) is 12.2 Å². The maximum absolute atomic E-state index is 10.8. The van der Waals surface area contributed by atoms with E-state index in [-0.39, 0.29) is 11.7 Å². The molecule has 0 saturated heterocycles. The molecule has 0 aliphatic heterocycles. The van der Waals surface area contributed by atoms with Gasteiger partial charge in [-0.25, -0.2) is 0 Å². The summed E-state index contributed by atoms with van der Waals surface area (Å²) in [6, 6.07) is 0. The van der Waals surface area contributed by atoms with Gasteiger partial charge < -0.3 is 5.73 Å². The molecule has 0 radical (unpaired) electrons. The van der Waals surface area contributed by atoms with Crippen LogP contribution in [0.2, 0.25) is 0 Å². The average molecular weight is 137 g/mol. The zero-order valence-electron chi connectivity index (χ0n) is 6.00. The van der Waals surface area contributed by atoms with Gasteiger partial charge in [0.25, 0.3) is 0 Å². The van der Waals surface area contributed by atoms with E-state index in [1.807, 2.05) is 18.2 Å². The number of hydrogen-bond acceptors (Lipinski definition) is 2. The fourth-order valence-electron chi connectivity index (χ4n) is 0.990. The Bertz CT molecular complexity index is 203. The Morgan fingerprint density at radius 2 is 2.50 bits per heavy atom. The van der Waals surface area contributed by atoms with Gasteiger partial charge in [-0.15, -0.1) is 0 Å². The van der Waals surface area contributed by atoms with Gasteiger partial charge in [0, 0.05) is 11.6 Å². The Labute approximate surface area is 60.4 Å². The van der Waals surface area contributed by atoms with E-state index in [4.69, 9.17) is 5.73 Å². The lowest BCUT2D eigenvalue weighted by Gasteiger charge is -2.10. The molecule has 54 valence electrons. The smallest absolute Gasteiger partial charge is 0.137 e. The molecule has 1 rings (SSSR count). The van der Waals surface area contributed by atoms with Crippen LogP contribution in [0.25, 0.3) is 0 Å². The molecule has 0 bridgehead atoms. The highest BCUT2D eigenvalue weighted by Crippen LogP contribution is 2.14. The molecule has 0 aromatic carbocycles. The number of Topliss-reactive ketones (excluding diaryl/α,β-unsaturated/α-hetero) is 1. The van der Waals surface area contributed by atoms with Crippen LogP contribution in [-0.2, 0) is 4.79 Å². The van der Waals surface area contributed by atoms with Crippen LogP contribution < -0.4 is 5.73 Å². The summed E-state index contributed by atoms with van der Waals surface area (Å²) in [7, 11) is 0.